The Balaban J connectivity index is 1.76. The quantitative estimate of drug-likeness (QED) is 0.520. The summed E-state index contributed by atoms with van der Waals surface area (Å²) in [6, 6.07) is 29.6. The number of nitrogens with one attached hydrogen (secondary N) is 1. The highest BCUT2D eigenvalue weighted by molar-refractivity contribution is 8.13. The number of ether oxygens (including phenoxy) is 1. The van der Waals surface area contributed by atoms with E-state index in [2.05, 4.69) is 17.4 Å². The molecule has 0 aromatic heterocycles. The SMILES string of the molecule is CCOC(=O)C1=C(c2ccccc2)NC(SCc2ccccc2)=N[C@H]1c1ccccc1. The summed E-state index contributed by atoms with van der Waals surface area (Å²) in [6.45, 7) is 2.13. The van der Waals surface area contributed by atoms with E-state index in [-0.39, 0.29) is 5.97 Å². The molecule has 4 rings (SSSR count). The predicted octanol–water partition coefficient (Wildman–Crippen LogP) is 5.59. The molecular formula is C26H24N2O2S. The molecule has 1 aliphatic rings. The molecule has 4 nitrogen and oxygen atoms in total. The second-order valence-corrected chi connectivity index (χ2v) is 7.99. The van der Waals surface area contributed by atoms with E-state index in [9.17, 15) is 4.79 Å². The van der Waals surface area contributed by atoms with Gasteiger partial charge in [-0.15, -0.1) is 0 Å². The Bertz CT molecular complexity index is 1080. The first-order chi connectivity index (χ1) is 15.3. The smallest absolute Gasteiger partial charge is 0.338 e. The standard InChI is InChI=1S/C26H24N2O2S/c1-2-30-25(29)22-23(20-14-8-4-9-15-20)27-26(31-18-19-12-6-3-7-13-19)28-24(22)21-16-10-5-11-17-21/h3-17,23H,2,18H2,1H3,(H,27,28)/t23-/m0/s1. The summed E-state index contributed by atoms with van der Waals surface area (Å²) in [5.74, 6) is 0.434. The largest absolute Gasteiger partial charge is 0.463 e. The fourth-order valence-corrected chi connectivity index (χ4v) is 4.31. The first-order valence-electron chi connectivity index (χ1n) is 10.3. The molecule has 1 N–H and O–H groups in total. The third kappa shape index (κ3) is 5.06. The Hall–Kier alpha value is -3.31. The van der Waals surface area contributed by atoms with Gasteiger partial charge in [-0.25, -0.2) is 9.79 Å². The van der Waals surface area contributed by atoms with Gasteiger partial charge in [0, 0.05) is 5.75 Å². The molecule has 31 heavy (non-hydrogen) atoms. The maximum atomic E-state index is 13.1. The zero-order valence-corrected chi connectivity index (χ0v) is 18.1. The molecule has 1 heterocycles. The normalized spacial score (nSPS) is 15.8. The number of rotatable bonds is 6. The lowest BCUT2D eigenvalue weighted by Crippen LogP contribution is -2.31. The monoisotopic (exact) mass is 428 g/mol. The van der Waals surface area contributed by atoms with Gasteiger partial charge in [-0.05, 0) is 23.6 Å². The first-order valence-corrected chi connectivity index (χ1v) is 11.3. The van der Waals surface area contributed by atoms with Crippen molar-refractivity contribution in [1.29, 1.82) is 0 Å². The van der Waals surface area contributed by atoms with Crippen LogP contribution in [0, 0.1) is 0 Å². The average molecular weight is 429 g/mol. The summed E-state index contributed by atoms with van der Waals surface area (Å²) < 4.78 is 5.44. The number of aliphatic imine (C=N–C) groups is 1. The van der Waals surface area contributed by atoms with E-state index in [1.807, 2.05) is 85.8 Å². The van der Waals surface area contributed by atoms with Crippen LogP contribution in [0.3, 0.4) is 0 Å². The van der Waals surface area contributed by atoms with Gasteiger partial charge in [0.1, 0.15) is 6.04 Å². The van der Waals surface area contributed by atoms with Crippen LogP contribution in [0.15, 0.2) is 102 Å². The number of benzene rings is 3. The Labute approximate surface area is 187 Å². The zero-order chi connectivity index (χ0) is 21.5. The number of hydrogen-bond donors (Lipinski definition) is 1. The molecule has 0 unspecified atom stereocenters. The fourth-order valence-electron chi connectivity index (χ4n) is 3.46. The van der Waals surface area contributed by atoms with Crippen molar-refractivity contribution in [3.63, 3.8) is 0 Å². The van der Waals surface area contributed by atoms with Gasteiger partial charge in [-0.1, -0.05) is 103 Å². The van der Waals surface area contributed by atoms with Crippen LogP contribution < -0.4 is 5.32 Å². The number of carbonyl (C=O) groups is 1. The number of amidine groups is 1. The molecule has 0 amide bonds. The Morgan fingerprint density at radius 3 is 2.19 bits per heavy atom. The maximum absolute atomic E-state index is 13.1. The van der Waals surface area contributed by atoms with E-state index in [0.717, 1.165) is 27.7 Å². The minimum absolute atomic E-state index is 0.311. The van der Waals surface area contributed by atoms with Gasteiger partial charge in [-0.2, -0.15) is 0 Å². The van der Waals surface area contributed by atoms with Crippen LogP contribution in [0.5, 0.6) is 0 Å². The van der Waals surface area contributed by atoms with Crippen molar-refractivity contribution >= 4 is 28.6 Å². The summed E-state index contributed by atoms with van der Waals surface area (Å²) >= 11 is 1.63. The second kappa shape index (κ2) is 10.1. The molecule has 1 atom stereocenters. The molecule has 156 valence electrons. The number of thioether (sulfide) groups is 1. The van der Waals surface area contributed by atoms with Crippen LogP contribution in [0.2, 0.25) is 0 Å². The molecule has 0 saturated carbocycles. The third-order valence-corrected chi connectivity index (χ3v) is 5.87. The Morgan fingerprint density at radius 1 is 0.935 bits per heavy atom. The van der Waals surface area contributed by atoms with E-state index in [4.69, 9.17) is 9.73 Å². The lowest BCUT2D eigenvalue weighted by atomic mass is 9.94. The molecule has 0 radical (unpaired) electrons. The van der Waals surface area contributed by atoms with Crippen LogP contribution in [0.25, 0.3) is 5.70 Å². The van der Waals surface area contributed by atoms with Crippen LogP contribution >= 0.6 is 11.8 Å². The van der Waals surface area contributed by atoms with Gasteiger partial charge in [-0.3, -0.25) is 0 Å². The molecule has 1 aliphatic heterocycles. The van der Waals surface area contributed by atoms with Crippen LogP contribution in [0.1, 0.15) is 29.7 Å². The van der Waals surface area contributed by atoms with E-state index in [0.29, 0.717) is 12.2 Å². The Morgan fingerprint density at radius 2 is 1.55 bits per heavy atom. The number of hydrogen-bond acceptors (Lipinski definition) is 5. The lowest BCUT2D eigenvalue weighted by molar-refractivity contribution is -0.138. The topological polar surface area (TPSA) is 50.7 Å². The van der Waals surface area contributed by atoms with Crippen molar-refractivity contribution in [2.45, 2.75) is 18.7 Å². The highest BCUT2D eigenvalue weighted by Crippen LogP contribution is 2.36. The van der Waals surface area contributed by atoms with Gasteiger partial charge in [0.25, 0.3) is 0 Å². The molecule has 0 fully saturated rings. The first kappa shape index (κ1) is 20.9. The number of nitrogens with zero attached hydrogens (tertiary/aromatic N) is 1. The molecular weight excluding hydrogens is 404 g/mol. The number of esters is 1. The van der Waals surface area contributed by atoms with E-state index in [1.165, 1.54) is 5.56 Å². The maximum Gasteiger partial charge on any atom is 0.338 e. The summed E-state index contributed by atoms with van der Waals surface area (Å²) in [4.78, 5) is 18.0. The van der Waals surface area contributed by atoms with Gasteiger partial charge in [0.05, 0.1) is 17.9 Å². The van der Waals surface area contributed by atoms with Crippen LogP contribution in [0.4, 0.5) is 0 Å². The molecule has 3 aromatic carbocycles. The lowest BCUT2D eigenvalue weighted by Gasteiger charge is -2.27. The molecule has 5 heteroatoms. The molecule has 0 aliphatic carbocycles. The summed E-state index contributed by atoms with van der Waals surface area (Å²) in [5, 5.41) is 4.20. The van der Waals surface area contributed by atoms with Crippen molar-refractivity contribution < 1.29 is 9.53 Å². The Kier molecular flexibility index (Phi) is 6.85. The van der Waals surface area contributed by atoms with Crippen molar-refractivity contribution in [2.24, 2.45) is 4.99 Å². The average Bonchev–Trinajstić information content (AvgIpc) is 2.84. The molecule has 0 saturated heterocycles. The fraction of sp³-hybridized carbons (Fsp3) is 0.154. The minimum atomic E-state index is -0.435. The van der Waals surface area contributed by atoms with E-state index >= 15 is 0 Å². The number of carbonyl (C=O) groups excluding carboxylic acids is 1. The summed E-state index contributed by atoms with van der Waals surface area (Å²) in [5.41, 5.74) is 4.38. The molecule has 0 spiro atoms. The van der Waals surface area contributed by atoms with E-state index in [1.54, 1.807) is 11.8 Å². The van der Waals surface area contributed by atoms with Gasteiger partial charge >= 0.3 is 5.97 Å². The van der Waals surface area contributed by atoms with Crippen molar-refractivity contribution in [2.75, 3.05) is 6.61 Å². The highest BCUT2D eigenvalue weighted by atomic mass is 32.2. The molecule has 3 aromatic rings. The van der Waals surface area contributed by atoms with Gasteiger partial charge < -0.3 is 10.1 Å². The van der Waals surface area contributed by atoms with Crippen LogP contribution in [-0.4, -0.2) is 17.7 Å². The van der Waals surface area contributed by atoms with Crippen molar-refractivity contribution in [3.05, 3.63) is 113 Å². The summed E-state index contributed by atoms with van der Waals surface area (Å²) in [7, 11) is 0. The highest BCUT2D eigenvalue weighted by Gasteiger charge is 2.32. The van der Waals surface area contributed by atoms with Crippen molar-refractivity contribution in [3.8, 4) is 0 Å². The van der Waals surface area contributed by atoms with Gasteiger partial charge in [0.2, 0.25) is 0 Å². The third-order valence-electron chi connectivity index (χ3n) is 4.91. The zero-order valence-electron chi connectivity index (χ0n) is 17.3. The summed E-state index contributed by atoms with van der Waals surface area (Å²) in [6.07, 6.45) is 0. The van der Waals surface area contributed by atoms with E-state index < -0.39 is 6.04 Å². The van der Waals surface area contributed by atoms with Crippen molar-refractivity contribution in [1.82, 2.24) is 5.32 Å². The minimum Gasteiger partial charge on any atom is -0.463 e. The second-order valence-electron chi connectivity index (χ2n) is 7.02. The molecule has 0 bridgehead atoms. The van der Waals surface area contributed by atoms with Gasteiger partial charge in [0.15, 0.2) is 5.17 Å². The van der Waals surface area contributed by atoms with Crippen LogP contribution in [-0.2, 0) is 15.3 Å². The predicted molar refractivity (Wildman–Crippen MR) is 127 cm³/mol.